The summed E-state index contributed by atoms with van der Waals surface area (Å²) in [6, 6.07) is 11.4. The fourth-order valence-electron chi connectivity index (χ4n) is 2.96. The molecule has 1 N–H and O–H groups in total. The van der Waals surface area contributed by atoms with Crippen LogP contribution in [0.15, 0.2) is 47.1 Å². The van der Waals surface area contributed by atoms with Gasteiger partial charge in [-0.3, -0.25) is 9.59 Å². The number of likely N-dealkylation sites (tertiary alicyclic amines) is 1. The topological polar surface area (TPSA) is 71.8 Å². The van der Waals surface area contributed by atoms with Crippen LogP contribution in [0, 0.1) is 5.92 Å². The SMILES string of the molecule is COc1ccc(CCNC(=O)C2CC(=O)N(Cc3ccco3)C2)cc1. The molecule has 1 aliphatic rings. The molecule has 0 spiro atoms. The van der Waals surface area contributed by atoms with Crippen LogP contribution in [0.3, 0.4) is 0 Å². The third-order valence-corrected chi connectivity index (χ3v) is 4.38. The predicted octanol–water partition coefficient (Wildman–Crippen LogP) is 2.00. The standard InChI is InChI=1S/C19H22N2O4/c1-24-16-6-4-14(5-7-16)8-9-20-19(23)15-11-18(22)21(12-15)13-17-3-2-10-25-17/h2-7,10,15H,8-9,11-13H2,1H3,(H,20,23). The molecule has 1 atom stereocenters. The molecule has 3 rings (SSSR count). The van der Waals surface area contributed by atoms with Crippen molar-refractivity contribution >= 4 is 11.8 Å². The lowest BCUT2D eigenvalue weighted by Crippen LogP contribution is -2.34. The van der Waals surface area contributed by atoms with E-state index in [1.165, 1.54) is 0 Å². The van der Waals surface area contributed by atoms with Gasteiger partial charge in [0.25, 0.3) is 0 Å². The zero-order chi connectivity index (χ0) is 17.6. The zero-order valence-electron chi connectivity index (χ0n) is 14.2. The lowest BCUT2D eigenvalue weighted by molar-refractivity contribution is -0.129. The fourth-order valence-corrected chi connectivity index (χ4v) is 2.96. The van der Waals surface area contributed by atoms with Gasteiger partial charge >= 0.3 is 0 Å². The van der Waals surface area contributed by atoms with E-state index in [1.54, 1.807) is 24.3 Å². The number of ether oxygens (including phenoxy) is 1. The quantitative estimate of drug-likeness (QED) is 0.835. The molecule has 25 heavy (non-hydrogen) atoms. The fraction of sp³-hybridized carbons (Fsp3) is 0.368. The van der Waals surface area contributed by atoms with Crippen LogP contribution in [-0.2, 0) is 22.6 Å². The molecule has 2 aromatic rings. The van der Waals surface area contributed by atoms with Crippen LogP contribution in [0.5, 0.6) is 5.75 Å². The number of hydrogen-bond acceptors (Lipinski definition) is 4. The van der Waals surface area contributed by atoms with Crippen molar-refractivity contribution in [1.29, 1.82) is 0 Å². The number of carbonyl (C=O) groups excluding carboxylic acids is 2. The Hall–Kier alpha value is -2.76. The Kier molecular flexibility index (Phi) is 5.38. The van der Waals surface area contributed by atoms with Gasteiger partial charge in [-0.2, -0.15) is 0 Å². The van der Waals surface area contributed by atoms with Crippen molar-refractivity contribution in [2.45, 2.75) is 19.4 Å². The van der Waals surface area contributed by atoms with E-state index in [0.29, 0.717) is 19.6 Å². The van der Waals surface area contributed by atoms with E-state index in [9.17, 15) is 9.59 Å². The molecular formula is C19H22N2O4. The highest BCUT2D eigenvalue weighted by molar-refractivity contribution is 5.89. The van der Waals surface area contributed by atoms with Gasteiger partial charge in [-0.15, -0.1) is 0 Å². The first-order valence-electron chi connectivity index (χ1n) is 8.36. The molecule has 0 aliphatic carbocycles. The summed E-state index contributed by atoms with van der Waals surface area (Å²) in [6.45, 7) is 1.41. The van der Waals surface area contributed by atoms with E-state index >= 15 is 0 Å². The van der Waals surface area contributed by atoms with Gasteiger partial charge in [0.1, 0.15) is 11.5 Å². The summed E-state index contributed by atoms with van der Waals surface area (Å²) in [5, 5.41) is 2.93. The third-order valence-electron chi connectivity index (χ3n) is 4.38. The Labute approximate surface area is 146 Å². The molecule has 6 heteroatoms. The molecule has 132 valence electrons. The van der Waals surface area contributed by atoms with Crippen molar-refractivity contribution in [2.24, 2.45) is 5.92 Å². The summed E-state index contributed by atoms with van der Waals surface area (Å²) in [5.41, 5.74) is 1.13. The molecule has 0 radical (unpaired) electrons. The number of benzene rings is 1. The Morgan fingerprint density at radius 1 is 1.32 bits per heavy atom. The molecule has 1 aromatic heterocycles. The second kappa shape index (κ2) is 7.88. The summed E-state index contributed by atoms with van der Waals surface area (Å²) < 4.78 is 10.4. The summed E-state index contributed by atoms with van der Waals surface area (Å²) in [4.78, 5) is 26.0. The van der Waals surface area contributed by atoms with E-state index in [-0.39, 0.29) is 24.2 Å². The van der Waals surface area contributed by atoms with Crippen molar-refractivity contribution in [3.63, 3.8) is 0 Å². The Morgan fingerprint density at radius 3 is 2.80 bits per heavy atom. The van der Waals surface area contributed by atoms with Crippen LogP contribution >= 0.6 is 0 Å². The Bertz CT molecular complexity index is 710. The normalized spacial score (nSPS) is 16.9. The number of carbonyl (C=O) groups is 2. The Balaban J connectivity index is 1.44. The van der Waals surface area contributed by atoms with E-state index in [4.69, 9.17) is 9.15 Å². The van der Waals surface area contributed by atoms with Crippen molar-refractivity contribution in [1.82, 2.24) is 10.2 Å². The van der Waals surface area contributed by atoms with Gasteiger partial charge in [-0.1, -0.05) is 12.1 Å². The molecule has 2 heterocycles. The maximum atomic E-state index is 12.3. The minimum absolute atomic E-state index is 0.00768. The van der Waals surface area contributed by atoms with Crippen LogP contribution in [0.1, 0.15) is 17.7 Å². The highest BCUT2D eigenvalue weighted by Crippen LogP contribution is 2.20. The van der Waals surface area contributed by atoms with Crippen LogP contribution in [-0.4, -0.2) is 36.9 Å². The number of nitrogens with one attached hydrogen (secondary N) is 1. The minimum Gasteiger partial charge on any atom is -0.497 e. The van der Waals surface area contributed by atoms with Crippen LogP contribution in [0.2, 0.25) is 0 Å². The first-order valence-corrected chi connectivity index (χ1v) is 8.36. The predicted molar refractivity (Wildman–Crippen MR) is 91.9 cm³/mol. The number of amides is 2. The van der Waals surface area contributed by atoms with Gasteiger partial charge < -0.3 is 19.4 Å². The van der Waals surface area contributed by atoms with Gasteiger partial charge in [-0.05, 0) is 36.2 Å². The summed E-state index contributed by atoms with van der Waals surface area (Å²) in [5.74, 6) is 1.18. The molecule has 1 saturated heterocycles. The number of nitrogens with zero attached hydrogens (tertiary/aromatic N) is 1. The third kappa shape index (κ3) is 4.41. The zero-order valence-corrected chi connectivity index (χ0v) is 14.2. The van der Waals surface area contributed by atoms with Gasteiger partial charge in [0.2, 0.25) is 11.8 Å². The van der Waals surface area contributed by atoms with Crippen molar-refractivity contribution < 1.29 is 18.7 Å². The second-order valence-electron chi connectivity index (χ2n) is 6.14. The van der Waals surface area contributed by atoms with Crippen LogP contribution < -0.4 is 10.1 Å². The molecule has 0 saturated carbocycles. The summed E-state index contributed by atoms with van der Waals surface area (Å²) in [7, 11) is 1.63. The molecule has 2 amide bonds. The molecule has 1 fully saturated rings. The van der Waals surface area contributed by atoms with Gasteiger partial charge in [0.15, 0.2) is 0 Å². The molecule has 1 aromatic carbocycles. The number of hydrogen-bond donors (Lipinski definition) is 1. The molecular weight excluding hydrogens is 320 g/mol. The Morgan fingerprint density at radius 2 is 2.12 bits per heavy atom. The highest BCUT2D eigenvalue weighted by atomic mass is 16.5. The monoisotopic (exact) mass is 342 g/mol. The van der Waals surface area contributed by atoms with Crippen LogP contribution in [0.25, 0.3) is 0 Å². The maximum Gasteiger partial charge on any atom is 0.225 e. The maximum absolute atomic E-state index is 12.3. The number of furan rings is 1. The van der Waals surface area contributed by atoms with Gasteiger partial charge in [0.05, 0.1) is 25.8 Å². The first-order chi connectivity index (χ1) is 12.2. The second-order valence-corrected chi connectivity index (χ2v) is 6.14. The number of rotatable bonds is 7. The molecule has 1 aliphatic heterocycles. The van der Waals surface area contributed by atoms with Crippen molar-refractivity contribution in [3.05, 3.63) is 54.0 Å². The van der Waals surface area contributed by atoms with Gasteiger partial charge in [0, 0.05) is 19.5 Å². The highest BCUT2D eigenvalue weighted by Gasteiger charge is 2.34. The lowest BCUT2D eigenvalue weighted by Gasteiger charge is -2.15. The summed E-state index contributed by atoms with van der Waals surface area (Å²) in [6.07, 6.45) is 2.58. The molecule has 0 bridgehead atoms. The van der Waals surface area contributed by atoms with Crippen molar-refractivity contribution in [2.75, 3.05) is 20.2 Å². The van der Waals surface area contributed by atoms with E-state index in [1.807, 2.05) is 30.3 Å². The van der Waals surface area contributed by atoms with E-state index in [2.05, 4.69) is 5.32 Å². The van der Waals surface area contributed by atoms with Crippen LogP contribution in [0.4, 0.5) is 0 Å². The average Bonchev–Trinajstić information content (AvgIpc) is 3.26. The first kappa shape index (κ1) is 17.1. The lowest BCUT2D eigenvalue weighted by atomic mass is 10.1. The smallest absolute Gasteiger partial charge is 0.225 e. The molecule has 1 unspecified atom stereocenters. The molecule has 6 nitrogen and oxygen atoms in total. The van der Waals surface area contributed by atoms with E-state index in [0.717, 1.165) is 23.5 Å². The minimum atomic E-state index is -0.293. The number of methoxy groups -OCH3 is 1. The largest absolute Gasteiger partial charge is 0.497 e. The average molecular weight is 342 g/mol. The van der Waals surface area contributed by atoms with Gasteiger partial charge in [-0.25, -0.2) is 0 Å². The summed E-state index contributed by atoms with van der Waals surface area (Å²) >= 11 is 0. The van der Waals surface area contributed by atoms with E-state index < -0.39 is 0 Å². The van der Waals surface area contributed by atoms with Crippen molar-refractivity contribution in [3.8, 4) is 5.75 Å².